The van der Waals surface area contributed by atoms with Crippen LogP contribution in [0.15, 0.2) is 11.6 Å². The zero-order chi connectivity index (χ0) is 12.9. The Morgan fingerprint density at radius 2 is 1.82 bits per heavy atom. The number of hydrogen-bond acceptors (Lipinski definition) is 3. The standard InChI is InChI=1S/C11H18O5S/c12-11(13)10(7-4-8-17(14,15)16)9-5-2-1-3-6-9/h7,9H,1-6,8H2,(H,12,13)(H,14,15,16). The van der Waals surface area contributed by atoms with Gasteiger partial charge in [-0.05, 0) is 25.2 Å². The predicted molar refractivity (Wildman–Crippen MR) is 63.3 cm³/mol. The highest BCUT2D eigenvalue weighted by Crippen LogP contribution is 2.30. The van der Waals surface area contributed by atoms with Crippen LogP contribution < -0.4 is 0 Å². The van der Waals surface area contributed by atoms with E-state index in [0.717, 1.165) is 32.1 Å². The quantitative estimate of drug-likeness (QED) is 0.582. The Morgan fingerprint density at radius 3 is 2.29 bits per heavy atom. The smallest absolute Gasteiger partial charge is 0.331 e. The number of hydrogen-bond donors (Lipinski definition) is 2. The summed E-state index contributed by atoms with van der Waals surface area (Å²) in [6, 6.07) is 0. The second-order valence-electron chi connectivity index (χ2n) is 4.37. The highest BCUT2D eigenvalue weighted by molar-refractivity contribution is 7.85. The number of aliphatic carboxylic acids is 1. The van der Waals surface area contributed by atoms with Gasteiger partial charge in [0.05, 0.1) is 5.75 Å². The molecule has 0 atom stereocenters. The molecule has 0 aromatic heterocycles. The van der Waals surface area contributed by atoms with Gasteiger partial charge in [-0.15, -0.1) is 0 Å². The molecule has 0 spiro atoms. The molecule has 0 unspecified atom stereocenters. The molecule has 17 heavy (non-hydrogen) atoms. The zero-order valence-corrected chi connectivity index (χ0v) is 10.4. The van der Waals surface area contributed by atoms with E-state index in [4.69, 9.17) is 9.66 Å². The fourth-order valence-corrected chi connectivity index (χ4v) is 2.62. The van der Waals surface area contributed by atoms with E-state index in [-0.39, 0.29) is 12.3 Å². The van der Waals surface area contributed by atoms with Gasteiger partial charge in [0.15, 0.2) is 0 Å². The molecule has 5 nitrogen and oxygen atoms in total. The van der Waals surface area contributed by atoms with Crippen molar-refractivity contribution >= 4 is 16.1 Å². The van der Waals surface area contributed by atoms with Crippen LogP contribution in [0, 0.1) is 5.92 Å². The van der Waals surface area contributed by atoms with Crippen LogP contribution in [0.3, 0.4) is 0 Å². The molecule has 0 bridgehead atoms. The van der Waals surface area contributed by atoms with Crippen molar-refractivity contribution in [1.82, 2.24) is 0 Å². The molecule has 1 rings (SSSR count). The van der Waals surface area contributed by atoms with Crippen LogP contribution in [-0.2, 0) is 14.9 Å². The van der Waals surface area contributed by atoms with Crippen LogP contribution in [0.2, 0.25) is 0 Å². The highest BCUT2D eigenvalue weighted by atomic mass is 32.2. The molecule has 0 radical (unpaired) electrons. The van der Waals surface area contributed by atoms with E-state index in [0.29, 0.717) is 5.57 Å². The summed E-state index contributed by atoms with van der Waals surface area (Å²) < 4.78 is 29.7. The lowest BCUT2D eigenvalue weighted by Gasteiger charge is -2.22. The lowest BCUT2D eigenvalue weighted by atomic mass is 9.83. The summed E-state index contributed by atoms with van der Waals surface area (Å²) in [6.07, 6.45) is 6.37. The van der Waals surface area contributed by atoms with E-state index < -0.39 is 21.8 Å². The van der Waals surface area contributed by atoms with Gasteiger partial charge in [-0.2, -0.15) is 8.42 Å². The van der Waals surface area contributed by atoms with Gasteiger partial charge in [0.25, 0.3) is 10.1 Å². The summed E-state index contributed by atoms with van der Waals surface area (Å²) in [5.41, 5.74) is 0.299. The van der Waals surface area contributed by atoms with Crippen molar-refractivity contribution in [2.45, 2.75) is 38.5 Å². The molecule has 0 aromatic carbocycles. The van der Waals surface area contributed by atoms with E-state index in [1.165, 1.54) is 6.08 Å². The fourth-order valence-electron chi connectivity index (χ4n) is 2.21. The molecule has 0 heterocycles. The minimum absolute atomic E-state index is 0.0302. The third kappa shape index (κ3) is 5.32. The molecule has 0 aliphatic heterocycles. The monoisotopic (exact) mass is 262 g/mol. The summed E-state index contributed by atoms with van der Waals surface area (Å²) in [6.45, 7) is 0. The first kappa shape index (κ1) is 14.2. The lowest BCUT2D eigenvalue weighted by molar-refractivity contribution is -0.133. The molecule has 0 amide bonds. The maximum Gasteiger partial charge on any atom is 0.331 e. The van der Waals surface area contributed by atoms with Gasteiger partial charge in [-0.1, -0.05) is 25.3 Å². The first-order valence-corrected chi connectivity index (χ1v) is 7.39. The van der Waals surface area contributed by atoms with Gasteiger partial charge in [0.1, 0.15) is 0 Å². The largest absolute Gasteiger partial charge is 0.478 e. The zero-order valence-electron chi connectivity index (χ0n) is 9.63. The summed E-state index contributed by atoms with van der Waals surface area (Å²) in [4.78, 5) is 11.1. The maximum absolute atomic E-state index is 11.1. The van der Waals surface area contributed by atoms with Crippen molar-refractivity contribution in [1.29, 1.82) is 0 Å². The van der Waals surface area contributed by atoms with Crippen LogP contribution in [0.25, 0.3) is 0 Å². The molecule has 1 aliphatic carbocycles. The molecular formula is C11H18O5S. The van der Waals surface area contributed by atoms with E-state index >= 15 is 0 Å². The molecule has 1 aliphatic rings. The van der Waals surface area contributed by atoms with Gasteiger partial charge in [0.2, 0.25) is 0 Å². The molecule has 2 N–H and O–H groups in total. The van der Waals surface area contributed by atoms with Gasteiger partial charge in [-0.3, -0.25) is 4.55 Å². The first-order chi connectivity index (χ1) is 7.90. The van der Waals surface area contributed by atoms with Gasteiger partial charge >= 0.3 is 5.97 Å². The summed E-state index contributed by atoms with van der Waals surface area (Å²) in [7, 11) is -4.01. The Hall–Kier alpha value is -0.880. The van der Waals surface area contributed by atoms with Crippen molar-refractivity contribution in [3.63, 3.8) is 0 Å². The van der Waals surface area contributed by atoms with Gasteiger partial charge < -0.3 is 5.11 Å². The average Bonchev–Trinajstić information content (AvgIpc) is 2.23. The second kappa shape index (κ2) is 6.16. The third-order valence-electron chi connectivity index (χ3n) is 3.03. The Labute approximate surface area is 101 Å². The van der Waals surface area contributed by atoms with E-state index in [1.54, 1.807) is 0 Å². The number of rotatable bonds is 5. The maximum atomic E-state index is 11.1. The fraction of sp³-hybridized carbons (Fsp3) is 0.727. The van der Waals surface area contributed by atoms with Gasteiger partial charge in [0, 0.05) is 5.57 Å². The SMILES string of the molecule is O=C(O)C(=CCCS(=O)(=O)O)C1CCCCC1. The minimum Gasteiger partial charge on any atom is -0.478 e. The minimum atomic E-state index is -4.01. The molecule has 1 saturated carbocycles. The molecule has 0 aromatic rings. The molecular weight excluding hydrogens is 244 g/mol. The Morgan fingerprint density at radius 1 is 1.24 bits per heavy atom. The van der Waals surface area contributed by atoms with Crippen LogP contribution in [0.1, 0.15) is 38.5 Å². The van der Waals surface area contributed by atoms with Crippen molar-refractivity contribution < 1.29 is 22.9 Å². The predicted octanol–water partition coefficient (Wildman–Crippen LogP) is 1.86. The Balaban J connectivity index is 2.64. The normalized spacial score (nSPS) is 19.2. The van der Waals surface area contributed by atoms with E-state index in [9.17, 15) is 13.2 Å². The van der Waals surface area contributed by atoms with Crippen LogP contribution in [0.4, 0.5) is 0 Å². The molecule has 98 valence electrons. The highest BCUT2D eigenvalue weighted by Gasteiger charge is 2.22. The van der Waals surface area contributed by atoms with E-state index in [2.05, 4.69) is 0 Å². The van der Waals surface area contributed by atoms with Crippen LogP contribution >= 0.6 is 0 Å². The second-order valence-corrected chi connectivity index (χ2v) is 5.95. The summed E-state index contributed by atoms with van der Waals surface area (Å²) >= 11 is 0. The van der Waals surface area contributed by atoms with Crippen LogP contribution in [-0.4, -0.2) is 29.8 Å². The van der Waals surface area contributed by atoms with Crippen molar-refractivity contribution in [3.8, 4) is 0 Å². The van der Waals surface area contributed by atoms with Crippen molar-refractivity contribution in [3.05, 3.63) is 11.6 Å². The number of carboxylic acid groups (broad SMARTS) is 1. The summed E-state index contributed by atoms with van der Waals surface area (Å²) in [5.74, 6) is -1.37. The topological polar surface area (TPSA) is 91.7 Å². The van der Waals surface area contributed by atoms with Crippen molar-refractivity contribution in [2.24, 2.45) is 5.92 Å². The molecule has 1 fully saturated rings. The Kier molecular flexibility index (Phi) is 5.14. The number of allylic oxidation sites excluding steroid dienone is 1. The number of carboxylic acids is 1. The average molecular weight is 262 g/mol. The van der Waals surface area contributed by atoms with Crippen molar-refractivity contribution in [2.75, 3.05) is 5.75 Å². The third-order valence-corrected chi connectivity index (χ3v) is 3.78. The first-order valence-electron chi connectivity index (χ1n) is 5.78. The Bertz CT molecular complexity index is 390. The van der Waals surface area contributed by atoms with Crippen LogP contribution in [0.5, 0.6) is 0 Å². The summed E-state index contributed by atoms with van der Waals surface area (Å²) in [5, 5.41) is 9.07. The number of carbonyl (C=O) groups is 1. The molecule has 6 heteroatoms. The lowest BCUT2D eigenvalue weighted by Crippen LogP contribution is -2.16. The molecule has 0 saturated heterocycles. The van der Waals surface area contributed by atoms with Gasteiger partial charge in [-0.25, -0.2) is 4.79 Å². The van der Waals surface area contributed by atoms with E-state index in [1.807, 2.05) is 0 Å².